The molecule has 7 heteroatoms. The van der Waals surface area contributed by atoms with Gasteiger partial charge in [-0.1, -0.05) is 31.5 Å². The first-order chi connectivity index (χ1) is 12.6. The van der Waals surface area contributed by atoms with Crippen molar-refractivity contribution in [1.29, 1.82) is 0 Å². The molecule has 1 aromatic carbocycles. The summed E-state index contributed by atoms with van der Waals surface area (Å²) in [5, 5.41) is 14.4. The fourth-order valence-electron chi connectivity index (χ4n) is 2.19. The highest BCUT2D eigenvalue weighted by Crippen LogP contribution is 2.14. The zero-order valence-electron chi connectivity index (χ0n) is 14.7. The van der Waals surface area contributed by atoms with Crippen molar-refractivity contribution in [3.8, 4) is 5.88 Å². The van der Waals surface area contributed by atoms with Crippen molar-refractivity contribution in [2.45, 2.75) is 32.9 Å². The summed E-state index contributed by atoms with van der Waals surface area (Å²) in [4.78, 5) is 27.0. The van der Waals surface area contributed by atoms with E-state index in [0.29, 0.717) is 25.6 Å². The van der Waals surface area contributed by atoms with Crippen LogP contribution in [0.4, 0.5) is 4.79 Å². The first-order valence-electron chi connectivity index (χ1n) is 8.50. The number of carboxylic acid groups (broad SMARTS) is 1. The van der Waals surface area contributed by atoms with Gasteiger partial charge in [-0.3, -0.25) is 0 Å². The fourth-order valence-corrected chi connectivity index (χ4v) is 2.19. The number of pyridine rings is 1. The summed E-state index contributed by atoms with van der Waals surface area (Å²) in [5.74, 6) is -0.443. The minimum atomic E-state index is -0.976. The average Bonchev–Trinajstić information content (AvgIpc) is 2.66. The van der Waals surface area contributed by atoms with Crippen LogP contribution in [0.2, 0.25) is 0 Å². The number of carboxylic acids is 1. The van der Waals surface area contributed by atoms with Gasteiger partial charge in [0, 0.05) is 24.8 Å². The Kier molecular flexibility index (Phi) is 7.42. The summed E-state index contributed by atoms with van der Waals surface area (Å²) >= 11 is 0. The van der Waals surface area contributed by atoms with Crippen LogP contribution in [0.15, 0.2) is 42.6 Å². The van der Waals surface area contributed by atoms with Crippen molar-refractivity contribution < 1.29 is 19.4 Å². The number of aromatic nitrogens is 1. The number of unbranched alkanes of at least 4 members (excludes halogenated alkanes) is 1. The summed E-state index contributed by atoms with van der Waals surface area (Å²) in [6, 6.07) is 9.69. The highest BCUT2D eigenvalue weighted by molar-refractivity contribution is 5.87. The third-order valence-corrected chi connectivity index (χ3v) is 3.68. The molecule has 0 radical (unpaired) electrons. The van der Waals surface area contributed by atoms with E-state index in [-0.39, 0.29) is 11.6 Å². The van der Waals surface area contributed by atoms with Gasteiger partial charge in [-0.25, -0.2) is 14.6 Å². The number of urea groups is 1. The molecule has 0 saturated heterocycles. The topological polar surface area (TPSA) is 101 Å². The van der Waals surface area contributed by atoms with Gasteiger partial charge < -0.3 is 20.5 Å². The van der Waals surface area contributed by atoms with Crippen molar-refractivity contribution in [3.05, 3.63) is 59.3 Å². The molecule has 7 nitrogen and oxygen atoms in total. The summed E-state index contributed by atoms with van der Waals surface area (Å²) in [5.41, 5.74) is 1.84. The van der Waals surface area contributed by atoms with E-state index >= 15 is 0 Å². The highest BCUT2D eigenvalue weighted by Gasteiger charge is 2.07. The summed E-state index contributed by atoms with van der Waals surface area (Å²) in [6.07, 6.45) is 3.65. The molecule has 0 fully saturated rings. The number of nitrogens with one attached hydrogen (secondary N) is 2. The van der Waals surface area contributed by atoms with E-state index < -0.39 is 5.97 Å². The van der Waals surface area contributed by atoms with E-state index in [1.807, 2.05) is 6.07 Å². The van der Waals surface area contributed by atoms with Crippen molar-refractivity contribution in [1.82, 2.24) is 15.6 Å². The molecule has 26 heavy (non-hydrogen) atoms. The molecule has 0 spiro atoms. The standard InChI is InChI=1S/C19H23N3O4/c1-2-3-11-26-17-16(5-4-10-20-17)13-22-19(25)21-12-14-6-8-15(9-7-14)18(23)24/h4-10H,2-3,11-13H2,1H3,(H,23,24)(H2,21,22,25). The van der Waals surface area contributed by atoms with E-state index in [0.717, 1.165) is 24.0 Å². The second-order valence-corrected chi connectivity index (χ2v) is 5.71. The predicted molar refractivity (Wildman–Crippen MR) is 97.1 cm³/mol. The van der Waals surface area contributed by atoms with Gasteiger partial charge in [0.2, 0.25) is 5.88 Å². The number of rotatable bonds is 9. The van der Waals surface area contributed by atoms with Crippen LogP contribution in [0.5, 0.6) is 5.88 Å². The van der Waals surface area contributed by atoms with E-state index in [4.69, 9.17) is 9.84 Å². The third-order valence-electron chi connectivity index (χ3n) is 3.68. The van der Waals surface area contributed by atoms with Crippen LogP contribution in [0.25, 0.3) is 0 Å². The van der Waals surface area contributed by atoms with Gasteiger partial charge >= 0.3 is 12.0 Å². The summed E-state index contributed by atoms with van der Waals surface area (Å²) in [6.45, 7) is 3.29. The molecule has 2 aromatic rings. The Morgan fingerprint density at radius 3 is 2.54 bits per heavy atom. The predicted octanol–water partition coefficient (Wildman–Crippen LogP) is 2.96. The van der Waals surface area contributed by atoms with Crippen molar-refractivity contribution in [2.75, 3.05) is 6.61 Å². The molecule has 138 valence electrons. The molecule has 3 N–H and O–H groups in total. The van der Waals surface area contributed by atoms with Gasteiger partial charge in [-0.15, -0.1) is 0 Å². The maximum absolute atomic E-state index is 12.0. The molecule has 1 heterocycles. The molecular formula is C19H23N3O4. The zero-order valence-corrected chi connectivity index (χ0v) is 14.7. The smallest absolute Gasteiger partial charge is 0.335 e. The van der Waals surface area contributed by atoms with Crippen molar-refractivity contribution in [2.24, 2.45) is 0 Å². The van der Waals surface area contributed by atoms with Crippen LogP contribution in [0, 0.1) is 0 Å². The molecule has 0 aliphatic carbocycles. The number of hydrogen-bond acceptors (Lipinski definition) is 4. The van der Waals surface area contributed by atoms with Gasteiger partial charge in [0.15, 0.2) is 0 Å². The number of hydrogen-bond donors (Lipinski definition) is 3. The van der Waals surface area contributed by atoms with Crippen LogP contribution in [-0.4, -0.2) is 28.7 Å². The van der Waals surface area contributed by atoms with Crippen LogP contribution in [-0.2, 0) is 13.1 Å². The lowest BCUT2D eigenvalue weighted by molar-refractivity contribution is 0.0697. The highest BCUT2D eigenvalue weighted by atomic mass is 16.5. The molecule has 0 saturated carbocycles. The van der Waals surface area contributed by atoms with Crippen LogP contribution >= 0.6 is 0 Å². The number of carbonyl (C=O) groups is 2. The minimum absolute atomic E-state index is 0.213. The number of carbonyl (C=O) groups excluding carboxylic acids is 1. The Hall–Kier alpha value is -3.09. The maximum Gasteiger partial charge on any atom is 0.335 e. The molecule has 2 amide bonds. The Bertz CT molecular complexity index is 732. The Morgan fingerprint density at radius 1 is 1.12 bits per heavy atom. The second kappa shape index (κ2) is 10.0. The van der Waals surface area contributed by atoms with E-state index in [2.05, 4.69) is 22.5 Å². The SMILES string of the molecule is CCCCOc1ncccc1CNC(=O)NCc1ccc(C(=O)O)cc1. The maximum atomic E-state index is 12.0. The molecule has 0 unspecified atom stereocenters. The summed E-state index contributed by atoms with van der Waals surface area (Å²) in [7, 11) is 0. The fraction of sp³-hybridized carbons (Fsp3) is 0.316. The van der Waals surface area contributed by atoms with Crippen molar-refractivity contribution in [3.63, 3.8) is 0 Å². The first-order valence-corrected chi connectivity index (χ1v) is 8.50. The lowest BCUT2D eigenvalue weighted by Gasteiger charge is -2.11. The third kappa shape index (κ3) is 6.08. The largest absolute Gasteiger partial charge is 0.478 e. The molecule has 0 aliphatic rings. The molecular weight excluding hydrogens is 334 g/mol. The quantitative estimate of drug-likeness (QED) is 0.599. The number of ether oxygens (including phenoxy) is 1. The molecule has 1 aromatic heterocycles. The minimum Gasteiger partial charge on any atom is -0.478 e. The van der Waals surface area contributed by atoms with Gasteiger partial charge in [-0.2, -0.15) is 0 Å². The lowest BCUT2D eigenvalue weighted by atomic mass is 10.1. The normalized spacial score (nSPS) is 10.2. The Balaban J connectivity index is 1.80. The molecule has 0 atom stereocenters. The van der Waals surface area contributed by atoms with Gasteiger partial charge in [-0.05, 0) is 30.2 Å². The average molecular weight is 357 g/mol. The first kappa shape index (κ1) is 19.2. The Morgan fingerprint density at radius 2 is 1.85 bits per heavy atom. The molecule has 0 aliphatic heterocycles. The van der Waals surface area contributed by atoms with Crippen LogP contribution in [0.3, 0.4) is 0 Å². The second-order valence-electron chi connectivity index (χ2n) is 5.71. The van der Waals surface area contributed by atoms with Gasteiger partial charge in [0.05, 0.1) is 12.2 Å². The Labute approximate surface area is 152 Å². The monoisotopic (exact) mass is 357 g/mol. The zero-order chi connectivity index (χ0) is 18.8. The summed E-state index contributed by atoms with van der Waals surface area (Å²) < 4.78 is 5.64. The van der Waals surface area contributed by atoms with E-state index in [9.17, 15) is 9.59 Å². The van der Waals surface area contributed by atoms with E-state index in [1.165, 1.54) is 12.1 Å². The number of aromatic carboxylic acids is 1. The van der Waals surface area contributed by atoms with Crippen LogP contribution in [0.1, 0.15) is 41.3 Å². The van der Waals surface area contributed by atoms with Gasteiger partial charge in [0.25, 0.3) is 0 Å². The number of amides is 2. The molecule has 0 bridgehead atoms. The van der Waals surface area contributed by atoms with Crippen LogP contribution < -0.4 is 15.4 Å². The van der Waals surface area contributed by atoms with Crippen molar-refractivity contribution >= 4 is 12.0 Å². The number of benzene rings is 1. The van der Waals surface area contributed by atoms with Gasteiger partial charge in [0.1, 0.15) is 0 Å². The van der Waals surface area contributed by atoms with E-state index in [1.54, 1.807) is 24.4 Å². The number of nitrogens with zero attached hydrogens (tertiary/aromatic N) is 1. The molecule has 2 rings (SSSR count). The lowest BCUT2D eigenvalue weighted by Crippen LogP contribution is -2.34.